The predicted octanol–water partition coefficient (Wildman–Crippen LogP) is 3.29. The van der Waals surface area contributed by atoms with Crippen molar-refractivity contribution < 1.29 is 14.3 Å². The molecule has 24 heavy (non-hydrogen) atoms. The fourth-order valence-electron chi connectivity index (χ4n) is 2.22. The number of ether oxygens (including phenoxy) is 2. The van der Waals surface area contributed by atoms with Crippen molar-refractivity contribution in [1.29, 1.82) is 5.26 Å². The zero-order valence-corrected chi connectivity index (χ0v) is 13.3. The van der Waals surface area contributed by atoms with Crippen LogP contribution in [-0.2, 0) is 11.3 Å². The molecule has 0 aromatic heterocycles. The van der Waals surface area contributed by atoms with Crippen molar-refractivity contribution in [3.05, 3.63) is 64.2 Å². The molecule has 2 aromatic rings. The number of amides is 1. The van der Waals surface area contributed by atoms with Crippen LogP contribution in [0.2, 0.25) is 5.02 Å². The molecule has 6 heteroatoms. The van der Waals surface area contributed by atoms with Crippen LogP contribution in [0, 0.1) is 11.3 Å². The van der Waals surface area contributed by atoms with E-state index in [0.717, 1.165) is 5.56 Å². The summed E-state index contributed by atoms with van der Waals surface area (Å²) in [5, 5.41) is 12.4. The van der Waals surface area contributed by atoms with E-state index in [9.17, 15) is 10.1 Å². The largest absolute Gasteiger partial charge is 0.454 e. The highest BCUT2D eigenvalue weighted by Crippen LogP contribution is 2.32. The Morgan fingerprint density at radius 1 is 1.25 bits per heavy atom. The molecule has 0 unspecified atom stereocenters. The van der Waals surface area contributed by atoms with Crippen molar-refractivity contribution in [3.63, 3.8) is 0 Å². The number of carbonyl (C=O) groups excluding carboxylic acids is 1. The van der Waals surface area contributed by atoms with E-state index in [4.69, 9.17) is 21.1 Å². The van der Waals surface area contributed by atoms with Gasteiger partial charge in [0.15, 0.2) is 11.5 Å². The van der Waals surface area contributed by atoms with Crippen molar-refractivity contribution in [2.45, 2.75) is 6.54 Å². The van der Waals surface area contributed by atoms with Gasteiger partial charge in [-0.3, -0.25) is 4.79 Å². The minimum absolute atomic E-state index is 0.0103. The van der Waals surface area contributed by atoms with E-state index < -0.39 is 5.91 Å². The second-order valence-corrected chi connectivity index (χ2v) is 5.47. The van der Waals surface area contributed by atoms with Crippen LogP contribution in [0.5, 0.6) is 11.5 Å². The van der Waals surface area contributed by atoms with E-state index in [-0.39, 0.29) is 18.9 Å². The molecule has 1 aliphatic rings. The van der Waals surface area contributed by atoms with Gasteiger partial charge in [0, 0.05) is 11.6 Å². The first kappa shape index (κ1) is 15.9. The van der Waals surface area contributed by atoms with Gasteiger partial charge in [-0.1, -0.05) is 35.9 Å². The van der Waals surface area contributed by atoms with Gasteiger partial charge >= 0.3 is 0 Å². The first-order valence-electron chi connectivity index (χ1n) is 7.20. The molecule has 0 spiro atoms. The smallest absolute Gasteiger partial charge is 0.262 e. The number of rotatable bonds is 4. The Balaban J connectivity index is 1.69. The van der Waals surface area contributed by atoms with Gasteiger partial charge in [0.2, 0.25) is 6.79 Å². The predicted molar refractivity (Wildman–Crippen MR) is 89.5 cm³/mol. The van der Waals surface area contributed by atoms with Crippen LogP contribution in [0.4, 0.5) is 0 Å². The lowest BCUT2D eigenvalue weighted by Gasteiger charge is -2.06. The summed E-state index contributed by atoms with van der Waals surface area (Å²) in [6.07, 6.45) is 1.47. The molecule has 0 bridgehead atoms. The average molecular weight is 341 g/mol. The van der Waals surface area contributed by atoms with Gasteiger partial charge in [-0.05, 0) is 35.4 Å². The average Bonchev–Trinajstić information content (AvgIpc) is 3.06. The Kier molecular flexibility index (Phi) is 4.69. The first-order chi connectivity index (χ1) is 11.7. The molecule has 1 aliphatic heterocycles. The molecular formula is C18H13ClN2O3. The van der Waals surface area contributed by atoms with Gasteiger partial charge in [0.1, 0.15) is 11.6 Å². The summed E-state index contributed by atoms with van der Waals surface area (Å²) in [7, 11) is 0. The number of nitriles is 1. The molecule has 1 N–H and O–H groups in total. The van der Waals surface area contributed by atoms with Gasteiger partial charge in [0.25, 0.3) is 5.91 Å². The third-order valence-corrected chi connectivity index (χ3v) is 3.80. The molecule has 5 nitrogen and oxygen atoms in total. The highest BCUT2D eigenvalue weighted by Gasteiger charge is 2.14. The van der Waals surface area contributed by atoms with Crippen LogP contribution in [0.25, 0.3) is 6.08 Å². The maximum atomic E-state index is 12.2. The zero-order valence-electron chi connectivity index (χ0n) is 12.6. The molecule has 3 rings (SSSR count). The van der Waals surface area contributed by atoms with Crippen LogP contribution in [-0.4, -0.2) is 12.7 Å². The number of hydrogen-bond acceptors (Lipinski definition) is 4. The third kappa shape index (κ3) is 3.50. The van der Waals surface area contributed by atoms with Gasteiger partial charge in [-0.25, -0.2) is 0 Å². The normalized spacial score (nSPS) is 12.6. The van der Waals surface area contributed by atoms with Crippen LogP contribution in [0.1, 0.15) is 11.1 Å². The highest BCUT2D eigenvalue weighted by atomic mass is 35.5. The fraction of sp³-hybridized carbons (Fsp3) is 0.111. The van der Waals surface area contributed by atoms with Crippen molar-refractivity contribution in [3.8, 4) is 17.6 Å². The molecule has 0 saturated heterocycles. The summed E-state index contributed by atoms with van der Waals surface area (Å²) in [4.78, 5) is 12.2. The monoisotopic (exact) mass is 340 g/mol. The molecule has 0 fully saturated rings. The quantitative estimate of drug-likeness (QED) is 0.684. The Morgan fingerprint density at radius 2 is 2.04 bits per heavy atom. The molecule has 0 atom stereocenters. The van der Waals surface area contributed by atoms with Gasteiger partial charge in [-0.2, -0.15) is 5.26 Å². The molecule has 1 amide bonds. The number of benzene rings is 2. The molecule has 0 saturated carbocycles. The van der Waals surface area contributed by atoms with Crippen LogP contribution in [0.15, 0.2) is 48.0 Å². The molecule has 2 aromatic carbocycles. The van der Waals surface area contributed by atoms with Crippen molar-refractivity contribution in [1.82, 2.24) is 5.32 Å². The molecular weight excluding hydrogens is 328 g/mol. The number of nitrogens with one attached hydrogen (secondary N) is 1. The first-order valence-corrected chi connectivity index (χ1v) is 7.58. The van der Waals surface area contributed by atoms with E-state index in [2.05, 4.69) is 5.32 Å². The second-order valence-electron chi connectivity index (χ2n) is 5.06. The standard InChI is InChI=1S/C18H13ClN2O3/c19-15-4-2-1-3-13(15)8-14(9-20)18(22)21-10-12-5-6-16-17(7-12)24-11-23-16/h1-8H,10-11H2,(H,21,22)/b14-8+. The minimum Gasteiger partial charge on any atom is -0.454 e. The van der Waals surface area contributed by atoms with Crippen molar-refractivity contribution in [2.75, 3.05) is 6.79 Å². The van der Waals surface area contributed by atoms with E-state index in [1.165, 1.54) is 6.08 Å². The van der Waals surface area contributed by atoms with Gasteiger partial charge in [-0.15, -0.1) is 0 Å². The Hall–Kier alpha value is -2.97. The summed E-state index contributed by atoms with van der Waals surface area (Å²) in [5.41, 5.74) is 1.46. The maximum absolute atomic E-state index is 12.2. The van der Waals surface area contributed by atoms with Gasteiger partial charge < -0.3 is 14.8 Å². The number of hydrogen-bond donors (Lipinski definition) is 1. The SMILES string of the molecule is N#C/C(=C\c1ccccc1Cl)C(=O)NCc1ccc2c(c1)OCO2. The van der Waals surface area contributed by atoms with E-state index in [1.807, 2.05) is 12.1 Å². The summed E-state index contributed by atoms with van der Waals surface area (Å²) in [6.45, 7) is 0.474. The number of halogens is 1. The summed E-state index contributed by atoms with van der Waals surface area (Å²) < 4.78 is 10.5. The highest BCUT2D eigenvalue weighted by molar-refractivity contribution is 6.32. The fourth-order valence-corrected chi connectivity index (χ4v) is 2.42. The Bertz CT molecular complexity index is 856. The van der Waals surface area contributed by atoms with E-state index in [0.29, 0.717) is 22.1 Å². The molecule has 0 aliphatic carbocycles. The van der Waals surface area contributed by atoms with Crippen molar-refractivity contribution >= 4 is 23.6 Å². The maximum Gasteiger partial charge on any atom is 0.262 e. The van der Waals surface area contributed by atoms with E-state index in [1.54, 1.807) is 36.4 Å². The number of fused-ring (bicyclic) bond motifs is 1. The Morgan fingerprint density at radius 3 is 2.83 bits per heavy atom. The van der Waals surface area contributed by atoms with E-state index >= 15 is 0 Å². The molecule has 0 radical (unpaired) electrons. The van der Waals surface area contributed by atoms with Gasteiger partial charge in [0.05, 0.1) is 0 Å². The zero-order chi connectivity index (χ0) is 16.9. The lowest BCUT2D eigenvalue weighted by molar-refractivity contribution is -0.117. The minimum atomic E-state index is -0.463. The van der Waals surface area contributed by atoms with Crippen LogP contribution < -0.4 is 14.8 Å². The summed E-state index contributed by atoms with van der Waals surface area (Å²) in [6, 6.07) is 14.3. The lowest BCUT2D eigenvalue weighted by atomic mass is 10.1. The lowest BCUT2D eigenvalue weighted by Crippen LogP contribution is -2.23. The Labute approximate surface area is 144 Å². The van der Waals surface area contributed by atoms with Crippen LogP contribution in [0.3, 0.4) is 0 Å². The number of carbonyl (C=O) groups is 1. The third-order valence-electron chi connectivity index (χ3n) is 3.46. The summed E-state index contributed by atoms with van der Waals surface area (Å²) >= 11 is 6.05. The topological polar surface area (TPSA) is 71.4 Å². The second kappa shape index (κ2) is 7.07. The van der Waals surface area contributed by atoms with Crippen LogP contribution >= 0.6 is 11.6 Å². The van der Waals surface area contributed by atoms with Crippen molar-refractivity contribution in [2.24, 2.45) is 0 Å². The molecule has 1 heterocycles. The summed E-state index contributed by atoms with van der Waals surface area (Å²) in [5.74, 6) is 0.866. The number of nitrogens with zero attached hydrogens (tertiary/aromatic N) is 1. The molecule has 120 valence electrons.